The van der Waals surface area contributed by atoms with Crippen LogP contribution in [0.4, 0.5) is 0 Å². The molecule has 3 heterocycles. The lowest BCUT2D eigenvalue weighted by atomic mass is 10.0. The second-order valence-corrected chi connectivity index (χ2v) is 9.10. The molecule has 0 N–H and O–H groups in total. The van der Waals surface area contributed by atoms with Gasteiger partial charge in [0.05, 0.1) is 30.0 Å². The van der Waals surface area contributed by atoms with E-state index in [0.717, 1.165) is 29.0 Å². The van der Waals surface area contributed by atoms with Crippen LogP contribution in [0.3, 0.4) is 0 Å². The summed E-state index contributed by atoms with van der Waals surface area (Å²) >= 11 is 1.19. The van der Waals surface area contributed by atoms with Crippen LogP contribution >= 0.6 is 11.3 Å². The van der Waals surface area contributed by atoms with Crippen LogP contribution in [-0.2, 0) is 30.7 Å². The van der Waals surface area contributed by atoms with E-state index in [1.165, 1.54) is 18.3 Å². The number of hydrogen-bond donors (Lipinski definition) is 0. The van der Waals surface area contributed by atoms with Crippen molar-refractivity contribution in [3.63, 3.8) is 0 Å². The van der Waals surface area contributed by atoms with Gasteiger partial charge in [-0.1, -0.05) is 12.1 Å². The fourth-order valence-corrected chi connectivity index (χ4v) is 4.91. The molecule has 8 nitrogen and oxygen atoms in total. The molecule has 34 heavy (non-hydrogen) atoms. The van der Waals surface area contributed by atoms with Gasteiger partial charge in [0, 0.05) is 30.8 Å². The normalized spacial score (nSPS) is 12.9. The van der Waals surface area contributed by atoms with Crippen LogP contribution in [0.5, 0.6) is 5.75 Å². The number of ether oxygens (including phenoxy) is 2. The van der Waals surface area contributed by atoms with Crippen molar-refractivity contribution in [1.29, 1.82) is 0 Å². The number of carbonyl (C=O) groups is 3. The summed E-state index contributed by atoms with van der Waals surface area (Å²) in [6.07, 6.45) is 1.33. The Kier molecular flexibility index (Phi) is 7.12. The van der Waals surface area contributed by atoms with Crippen molar-refractivity contribution in [3.8, 4) is 5.75 Å². The van der Waals surface area contributed by atoms with Crippen molar-refractivity contribution in [3.05, 3.63) is 68.7 Å². The van der Waals surface area contributed by atoms with E-state index in [0.29, 0.717) is 29.3 Å². The van der Waals surface area contributed by atoms with E-state index in [1.807, 2.05) is 28.9 Å². The highest BCUT2D eigenvalue weighted by Gasteiger charge is 2.31. The number of thiophene rings is 1. The highest BCUT2D eigenvalue weighted by molar-refractivity contribution is 7.15. The lowest BCUT2D eigenvalue weighted by Crippen LogP contribution is -2.36. The Bertz CT molecular complexity index is 1210. The first-order chi connectivity index (χ1) is 16.4. The lowest BCUT2D eigenvalue weighted by Gasteiger charge is -2.27. The van der Waals surface area contributed by atoms with Gasteiger partial charge in [-0.05, 0) is 50.1 Å². The third kappa shape index (κ3) is 4.89. The number of rotatable bonds is 8. The van der Waals surface area contributed by atoms with Crippen LogP contribution < -0.4 is 4.74 Å². The first kappa shape index (κ1) is 23.7. The number of benzene rings is 1. The van der Waals surface area contributed by atoms with Gasteiger partial charge in [0.15, 0.2) is 11.5 Å². The van der Waals surface area contributed by atoms with Crippen molar-refractivity contribution < 1.29 is 23.9 Å². The summed E-state index contributed by atoms with van der Waals surface area (Å²) in [6.45, 7) is 4.88. The fraction of sp³-hybridized carbons (Fsp3) is 0.360. The Balaban J connectivity index is 1.56. The van der Waals surface area contributed by atoms with E-state index in [2.05, 4.69) is 5.10 Å². The number of fused-ring (bicyclic) bond motifs is 1. The predicted molar refractivity (Wildman–Crippen MR) is 128 cm³/mol. The second kappa shape index (κ2) is 10.2. The van der Waals surface area contributed by atoms with Crippen LogP contribution in [0.15, 0.2) is 36.4 Å². The Morgan fingerprint density at radius 3 is 2.47 bits per heavy atom. The Hall–Kier alpha value is -3.46. The highest BCUT2D eigenvalue weighted by Crippen LogP contribution is 2.27. The number of hydrogen-bond acceptors (Lipinski definition) is 7. The molecule has 0 bridgehead atoms. The Morgan fingerprint density at radius 1 is 1.09 bits per heavy atom. The molecule has 1 aliphatic rings. The smallest absolute Gasteiger partial charge is 0.359 e. The van der Waals surface area contributed by atoms with Gasteiger partial charge in [-0.2, -0.15) is 5.10 Å². The highest BCUT2D eigenvalue weighted by atomic mass is 32.1. The molecule has 0 unspecified atom stereocenters. The summed E-state index contributed by atoms with van der Waals surface area (Å²) in [6, 6.07) is 11.2. The van der Waals surface area contributed by atoms with Gasteiger partial charge in [-0.15, -0.1) is 11.3 Å². The molecule has 0 saturated carbocycles. The molecule has 0 radical (unpaired) electrons. The monoisotopic (exact) mass is 481 g/mol. The van der Waals surface area contributed by atoms with Crippen molar-refractivity contribution >= 4 is 29.0 Å². The number of amides is 1. The molecule has 1 amide bonds. The minimum Gasteiger partial charge on any atom is -0.497 e. The van der Waals surface area contributed by atoms with E-state index in [-0.39, 0.29) is 30.5 Å². The quantitative estimate of drug-likeness (QED) is 0.359. The van der Waals surface area contributed by atoms with Crippen LogP contribution in [0.1, 0.15) is 60.5 Å². The maximum absolute atomic E-state index is 13.1. The first-order valence-electron chi connectivity index (χ1n) is 11.2. The minimum atomic E-state index is -0.480. The Morgan fingerprint density at radius 2 is 1.82 bits per heavy atom. The van der Waals surface area contributed by atoms with Gasteiger partial charge in [-0.25, -0.2) is 4.79 Å². The molecule has 0 saturated heterocycles. The number of carbonyl (C=O) groups excluding carboxylic acids is 3. The molecular formula is C25H27N3O5S. The van der Waals surface area contributed by atoms with Crippen LogP contribution in [0.25, 0.3) is 0 Å². The van der Waals surface area contributed by atoms with Crippen molar-refractivity contribution in [2.45, 2.75) is 39.8 Å². The van der Waals surface area contributed by atoms with Gasteiger partial charge < -0.3 is 14.4 Å². The zero-order chi connectivity index (χ0) is 24.2. The van der Waals surface area contributed by atoms with Gasteiger partial charge in [-0.3, -0.25) is 14.3 Å². The number of ketones is 1. The number of aryl methyl sites for hydroxylation is 2. The maximum Gasteiger partial charge on any atom is 0.359 e. The number of methoxy groups -OCH3 is 1. The number of esters is 1. The minimum absolute atomic E-state index is 0.0623. The summed E-state index contributed by atoms with van der Waals surface area (Å²) < 4.78 is 12.3. The van der Waals surface area contributed by atoms with Gasteiger partial charge in [0.1, 0.15) is 5.75 Å². The zero-order valence-corrected chi connectivity index (χ0v) is 20.3. The van der Waals surface area contributed by atoms with E-state index >= 15 is 0 Å². The molecule has 0 fully saturated rings. The molecule has 9 heteroatoms. The Labute approximate surface area is 202 Å². The fourth-order valence-electron chi connectivity index (χ4n) is 4.04. The van der Waals surface area contributed by atoms with E-state index < -0.39 is 5.97 Å². The largest absolute Gasteiger partial charge is 0.497 e. The molecule has 0 aliphatic carbocycles. The molecule has 4 rings (SSSR count). The van der Waals surface area contributed by atoms with E-state index in [9.17, 15) is 14.4 Å². The molecule has 0 spiro atoms. The van der Waals surface area contributed by atoms with E-state index in [1.54, 1.807) is 31.1 Å². The van der Waals surface area contributed by atoms with Crippen LogP contribution in [-0.4, -0.2) is 52.6 Å². The summed E-state index contributed by atoms with van der Waals surface area (Å²) in [5.41, 5.74) is 3.08. The zero-order valence-electron chi connectivity index (χ0n) is 19.5. The molecule has 1 aromatic carbocycles. The summed E-state index contributed by atoms with van der Waals surface area (Å²) in [4.78, 5) is 40.1. The first-order valence-corrected chi connectivity index (χ1v) is 12.0. The maximum atomic E-state index is 13.1. The van der Waals surface area contributed by atoms with Crippen molar-refractivity contribution in [2.24, 2.45) is 0 Å². The standard InChI is InChI=1S/C25H27N3O5S/c1-4-33-25(31)23-19-15-27(24(30)22-10-9-21(34-22)16(2)29)13-12-20(19)28(26-23)14-11-17-5-7-18(32-3)8-6-17/h5-10H,4,11-15H2,1-3H3. The number of Topliss-reactive ketones (excluding diaryl/α,β-unsaturated/α-hetero) is 1. The van der Waals surface area contributed by atoms with Gasteiger partial charge in [0.25, 0.3) is 5.91 Å². The number of aromatic nitrogens is 2. The molecule has 3 aromatic rings. The molecule has 178 valence electrons. The predicted octanol–water partition coefficient (Wildman–Crippen LogP) is 3.77. The topological polar surface area (TPSA) is 90.7 Å². The summed E-state index contributed by atoms with van der Waals surface area (Å²) in [7, 11) is 1.64. The SMILES string of the molecule is CCOC(=O)c1nn(CCc2ccc(OC)cc2)c2c1CN(C(=O)c1ccc(C(C)=O)s1)CC2. The third-order valence-electron chi connectivity index (χ3n) is 5.83. The molecule has 2 aromatic heterocycles. The van der Waals surface area contributed by atoms with E-state index in [4.69, 9.17) is 9.47 Å². The molecule has 0 atom stereocenters. The van der Waals surface area contributed by atoms with Crippen LogP contribution in [0.2, 0.25) is 0 Å². The second-order valence-electron chi connectivity index (χ2n) is 8.01. The van der Waals surface area contributed by atoms with Crippen molar-refractivity contribution in [1.82, 2.24) is 14.7 Å². The summed E-state index contributed by atoms with van der Waals surface area (Å²) in [5.74, 6) is 0.110. The van der Waals surface area contributed by atoms with Crippen molar-refractivity contribution in [2.75, 3.05) is 20.3 Å². The molecule has 1 aliphatic heterocycles. The molecular weight excluding hydrogens is 454 g/mol. The average molecular weight is 482 g/mol. The summed E-state index contributed by atoms with van der Waals surface area (Å²) in [5, 5.41) is 4.59. The lowest BCUT2D eigenvalue weighted by molar-refractivity contribution is 0.0513. The van der Waals surface area contributed by atoms with Gasteiger partial charge >= 0.3 is 5.97 Å². The third-order valence-corrected chi connectivity index (χ3v) is 7.00. The number of nitrogens with zero attached hydrogens (tertiary/aromatic N) is 3. The average Bonchev–Trinajstić information content (AvgIpc) is 3.48. The van der Waals surface area contributed by atoms with Gasteiger partial charge in [0.2, 0.25) is 0 Å². The van der Waals surface area contributed by atoms with Crippen LogP contribution in [0, 0.1) is 0 Å².